The summed E-state index contributed by atoms with van der Waals surface area (Å²) in [5, 5.41) is 19.2. The quantitative estimate of drug-likeness (QED) is 0.870. The zero-order chi connectivity index (χ0) is 13.8. The average Bonchev–Trinajstić information content (AvgIpc) is 2.43. The molecule has 1 heterocycles. The van der Waals surface area contributed by atoms with Gasteiger partial charge in [0.25, 0.3) is 0 Å². The van der Waals surface area contributed by atoms with Crippen LogP contribution >= 0.6 is 27.5 Å². The number of pyridine rings is 1. The fourth-order valence-electron chi connectivity index (χ4n) is 1.73. The van der Waals surface area contributed by atoms with Crippen LogP contribution in [0.2, 0.25) is 5.15 Å². The Bertz CT molecular complexity index is 625. The van der Waals surface area contributed by atoms with Gasteiger partial charge in [-0.3, -0.25) is 0 Å². The van der Waals surface area contributed by atoms with E-state index >= 15 is 0 Å². The SMILES string of the molecule is N#Cc1nc(Cl)c(C[C@H](O)c2ccccc2)cc1Br. The van der Waals surface area contributed by atoms with Gasteiger partial charge in [0.15, 0.2) is 5.69 Å². The second-order valence-electron chi connectivity index (χ2n) is 4.01. The lowest BCUT2D eigenvalue weighted by molar-refractivity contribution is 0.178. The highest BCUT2D eigenvalue weighted by Gasteiger charge is 2.14. The van der Waals surface area contributed by atoms with Crippen LogP contribution in [0.1, 0.15) is 22.9 Å². The Morgan fingerprint density at radius 3 is 2.68 bits per heavy atom. The molecule has 1 aromatic carbocycles. The van der Waals surface area contributed by atoms with E-state index in [-0.39, 0.29) is 10.8 Å². The number of aromatic nitrogens is 1. The molecular weight excluding hydrogens is 328 g/mol. The number of nitriles is 1. The number of aliphatic hydroxyl groups is 1. The molecule has 0 aliphatic rings. The first-order chi connectivity index (χ1) is 9.11. The van der Waals surface area contributed by atoms with E-state index in [0.717, 1.165) is 5.56 Å². The van der Waals surface area contributed by atoms with Gasteiger partial charge in [-0.2, -0.15) is 5.26 Å². The van der Waals surface area contributed by atoms with Gasteiger partial charge in [-0.1, -0.05) is 41.9 Å². The fourth-order valence-corrected chi connectivity index (χ4v) is 2.40. The number of rotatable bonds is 3. The van der Waals surface area contributed by atoms with Crippen molar-refractivity contribution in [3.63, 3.8) is 0 Å². The van der Waals surface area contributed by atoms with Crippen LogP contribution in [-0.2, 0) is 6.42 Å². The van der Waals surface area contributed by atoms with Gasteiger partial charge in [0.2, 0.25) is 0 Å². The van der Waals surface area contributed by atoms with Crippen molar-refractivity contribution in [1.82, 2.24) is 4.98 Å². The Hall–Kier alpha value is -1.41. The number of hydrogen-bond acceptors (Lipinski definition) is 3. The molecule has 0 aliphatic heterocycles. The summed E-state index contributed by atoms with van der Waals surface area (Å²) in [7, 11) is 0. The first-order valence-electron chi connectivity index (χ1n) is 5.60. The minimum absolute atomic E-state index is 0.239. The molecule has 2 rings (SSSR count). The molecule has 19 heavy (non-hydrogen) atoms. The van der Waals surface area contributed by atoms with Crippen LogP contribution in [-0.4, -0.2) is 10.1 Å². The number of nitrogens with zero attached hydrogens (tertiary/aromatic N) is 2. The first kappa shape index (κ1) is 14.0. The van der Waals surface area contributed by atoms with Crippen LogP contribution in [0.5, 0.6) is 0 Å². The van der Waals surface area contributed by atoms with Crippen molar-refractivity contribution in [2.45, 2.75) is 12.5 Å². The number of halogens is 2. The Balaban J connectivity index is 2.25. The molecule has 2 aromatic rings. The zero-order valence-corrected chi connectivity index (χ0v) is 12.2. The van der Waals surface area contributed by atoms with Crippen molar-refractivity contribution in [2.24, 2.45) is 0 Å². The molecule has 0 spiro atoms. The van der Waals surface area contributed by atoms with E-state index in [2.05, 4.69) is 20.9 Å². The molecule has 96 valence electrons. The minimum Gasteiger partial charge on any atom is -0.388 e. The third-order valence-electron chi connectivity index (χ3n) is 2.71. The maximum Gasteiger partial charge on any atom is 0.156 e. The molecular formula is C14H10BrClN2O. The van der Waals surface area contributed by atoms with E-state index in [9.17, 15) is 5.11 Å². The molecule has 0 aliphatic carbocycles. The van der Waals surface area contributed by atoms with Crippen molar-refractivity contribution in [1.29, 1.82) is 5.26 Å². The predicted octanol–water partition coefficient (Wildman–Crippen LogP) is 3.65. The van der Waals surface area contributed by atoms with Crippen LogP contribution in [0.4, 0.5) is 0 Å². The van der Waals surface area contributed by atoms with Crippen molar-refractivity contribution < 1.29 is 5.11 Å². The zero-order valence-electron chi connectivity index (χ0n) is 9.85. The summed E-state index contributed by atoms with van der Waals surface area (Å²) >= 11 is 9.28. The summed E-state index contributed by atoms with van der Waals surface area (Å²) in [6.45, 7) is 0. The Morgan fingerprint density at radius 1 is 1.37 bits per heavy atom. The Morgan fingerprint density at radius 2 is 2.05 bits per heavy atom. The highest BCUT2D eigenvalue weighted by Crippen LogP contribution is 2.26. The van der Waals surface area contributed by atoms with Crippen molar-refractivity contribution in [2.75, 3.05) is 0 Å². The molecule has 0 bridgehead atoms. The van der Waals surface area contributed by atoms with E-state index in [0.29, 0.717) is 16.5 Å². The lowest BCUT2D eigenvalue weighted by atomic mass is 10.0. The monoisotopic (exact) mass is 336 g/mol. The molecule has 0 saturated carbocycles. The minimum atomic E-state index is -0.652. The summed E-state index contributed by atoms with van der Waals surface area (Å²) in [4.78, 5) is 3.98. The maximum atomic E-state index is 10.1. The lowest BCUT2D eigenvalue weighted by Gasteiger charge is -2.12. The van der Waals surface area contributed by atoms with Gasteiger partial charge in [-0.25, -0.2) is 4.98 Å². The summed E-state index contributed by atoms with van der Waals surface area (Å²) in [5.41, 5.74) is 1.76. The molecule has 1 N–H and O–H groups in total. The number of hydrogen-bond donors (Lipinski definition) is 1. The average molecular weight is 338 g/mol. The van der Waals surface area contributed by atoms with Gasteiger partial charge in [-0.15, -0.1) is 0 Å². The van der Waals surface area contributed by atoms with E-state index in [1.807, 2.05) is 36.4 Å². The smallest absolute Gasteiger partial charge is 0.156 e. The summed E-state index contributed by atoms with van der Waals surface area (Å²) in [6.07, 6.45) is -0.305. The topological polar surface area (TPSA) is 56.9 Å². The van der Waals surface area contributed by atoms with Gasteiger partial charge in [-0.05, 0) is 33.1 Å². The Kier molecular flexibility index (Phi) is 4.54. The second-order valence-corrected chi connectivity index (χ2v) is 5.22. The van der Waals surface area contributed by atoms with Crippen molar-refractivity contribution in [3.05, 3.63) is 62.8 Å². The van der Waals surface area contributed by atoms with Crippen LogP contribution in [0, 0.1) is 11.3 Å². The molecule has 5 heteroatoms. The molecule has 3 nitrogen and oxygen atoms in total. The summed E-state index contributed by atoms with van der Waals surface area (Å²) in [6, 6.07) is 13.0. The van der Waals surface area contributed by atoms with Gasteiger partial charge in [0.1, 0.15) is 11.2 Å². The van der Waals surface area contributed by atoms with Crippen LogP contribution in [0.25, 0.3) is 0 Å². The highest BCUT2D eigenvalue weighted by atomic mass is 79.9. The molecule has 0 unspecified atom stereocenters. The number of benzene rings is 1. The largest absolute Gasteiger partial charge is 0.388 e. The normalized spacial score (nSPS) is 11.9. The highest BCUT2D eigenvalue weighted by molar-refractivity contribution is 9.10. The van der Waals surface area contributed by atoms with Crippen LogP contribution in [0.3, 0.4) is 0 Å². The third-order valence-corrected chi connectivity index (χ3v) is 3.64. The van der Waals surface area contributed by atoms with Crippen LogP contribution < -0.4 is 0 Å². The summed E-state index contributed by atoms with van der Waals surface area (Å²) in [5.74, 6) is 0. The summed E-state index contributed by atoms with van der Waals surface area (Å²) < 4.78 is 0.578. The molecule has 0 fully saturated rings. The van der Waals surface area contributed by atoms with E-state index < -0.39 is 6.10 Å². The predicted molar refractivity (Wildman–Crippen MR) is 76.8 cm³/mol. The van der Waals surface area contributed by atoms with Crippen LogP contribution in [0.15, 0.2) is 40.9 Å². The van der Waals surface area contributed by atoms with Gasteiger partial charge in [0, 0.05) is 6.42 Å². The second kappa shape index (κ2) is 6.16. The van der Waals surface area contributed by atoms with Gasteiger partial charge in [0.05, 0.1) is 10.6 Å². The first-order valence-corrected chi connectivity index (χ1v) is 6.77. The molecule has 0 radical (unpaired) electrons. The van der Waals surface area contributed by atoms with E-state index in [4.69, 9.17) is 16.9 Å². The number of aliphatic hydroxyl groups excluding tert-OH is 1. The lowest BCUT2D eigenvalue weighted by Crippen LogP contribution is -2.03. The Labute approximate surface area is 124 Å². The fraction of sp³-hybridized carbons (Fsp3) is 0.143. The third kappa shape index (κ3) is 3.32. The van der Waals surface area contributed by atoms with E-state index in [1.165, 1.54) is 0 Å². The standard InChI is InChI=1S/C14H10BrClN2O/c15-11-6-10(14(16)18-12(11)8-17)7-13(19)9-4-2-1-3-5-9/h1-6,13,19H,7H2/t13-/m0/s1. The van der Waals surface area contributed by atoms with Gasteiger partial charge < -0.3 is 5.11 Å². The van der Waals surface area contributed by atoms with Crippen molar-refractivity contribution in [3.8, 4) is 6.07 Å². The molecule has 1 atom stereocenters. The van der Waals surface area contributed by atoms with Gasteiger partial charge >= 0.3 is 0 Å². The molecule has 0 saturated heterocycles. The van der Waals surface area contributed by atoms with E-state index in [1.54, 1.807) is 6.07 Å². The van der Waals surface area contributed by atoms with Crippen molar-refractivity contribution >= 4 is 27.5 Å². The maximum absolute atomic E-state index is 10.1. The molecule has 0 amide bonds. The molecule has 1 aromatic heterocycles.